The van der Waals surface area contributed by atoms with Crippen LogP contribution in [-0.4, -0.2) is 20.7 Å². The Labute approximate surface area is 58.5 Å². The molecule has 1 heterocycles. The molecule has 1 aliphatic rings. The highest BCUT2D eigenvalue weighted by Gasteiger charge is 2.19. The molecule has 1 aliphatic heterocycles. The summed E-state index contributed by atoms with van der Waals surface area (Å²) in [6, 6.07) is 0. The Morgan fingerprint density at radius 2 is 2.20 bits per heavy atom. The second-order valence-corrected chi connectivity index (χ2v) is 3.41. The largest absolute Gasteiger partial charge is 0.388 e. The van der Waals surface area contributed by atoms with Crippen molar-refractivity contribution in [2.45, 2.75) is 0 Å². The van der Waals surface area contributed by atoms with Crippen LogP contribution in [0.2, 0.25) is 0 Å². The van der Waals surface area contributed by atoms with E-state index in [2.05, 4.69) is 4.40 Å². The van der Waals surface area contributed by atoms with Gasteiger partial charge in [0.05, 0.1) is 5.71 Å². The molecule has 0 saturated carbocycles. The van der Waals surface area contributed by atoms with Gasteiger partial charge in [-0.25, -0.2) is 0 Å². The standard InChI is InChI=1S/C4H7N3O2S/c5-2-3-1-4(6)10(8,9)7-3/h1H,2,5-6H2. The van der Waals surface area contributed by atoms with E-state index in [1.54, 1.807) is 0 Å². The molecule has 0 fully saturated rings. The molecule has 5 nitrogen and oxygen atoms in total. The maximum Gasteiger partial charge on any atom is 0.297 e. The van der Waals surface area contributed by atoms with Gasteiger partial charge in [-0.1, -0.05) is 0 Å². The number of nitrogens with two attached hydrogens (primary N) is 2. The van der Waals surface area contributed by atoms with Gasteiger partial charge in [-0.05, 0) is 6.08 Å². The highest BCUT2D eigenvalue weighted by Crippen LogP contribution is 2.09. The van der Waals surface area contributed by atoms with E-state index in [-0.39, 0.29) is 11.6 Å². The van der Waals surface area contributed by atoms with Crippen LogP contribution in [0, 0.1) is 0 Å². The average molecular weight is 161 g/mol. The van der Waals surface area contributed by atoms with Crippen LogP contribution < -0.4 is 11.5 Å². The number of hydrogen-bond donors (Lipinski definition) is 2. The van der Waals surface area contributed by atoms with Gasteiger partial charge in [0.2, 0.25) is 0 Å². The Morgan fingerprint density at radius 1 is 1.60 bits per heavy atom. The molecule has 6 heteroatoms. The lowest BCUT2D eigenvalue weighted by molar-refractivity contribution is 0.604. The van der Waals surface area contributed by atoms with Crippen LogP contribution in [0.4, 0.5) is 0 Å². The molecule has 10 heavy (non-hydrogen) atoms. The maximum atomic E-state index is 10.7. The van der Waals surface area contributed by atoms with Crippen LogP contribution >= 0.6 is 0 Å². The number of nitrogens with zero attached hydrogens (tertiary/aromatic N) is 1. The van der Waals surface area contributed by atoms with E-state index in [4.69, 9.17) is 11.5 Å². The molecule has 0 aromatic carbocycles. The van der Waals surface area contributed by atoms with Gasteiger partial charge in [-0.2, -0.15) is 12.8 Å². The van der Waals surface area contributed by atoms with E-state index < -0.39 is 10.0 Å². The van der Waals surface area contributed by atoms with Gasteiger partial charge >= 0.3 is 0 Å². The average Bonchev–Trinajstić information content (AvgIpc) is 2.08. The Balaban J connectivity index is 3.12. The molecule has 0 amide bonds. The van der Waals surface area contributed by atoms with Crippen LogP contribution in [0.1, 0.15) is 0 Å². The van der Waals surface area contributed by atoms with Crippen molar-refractivity contribution in [1.29, 1.82) is 0 Å². The summed E-state index contributed by atoms with van der Waals surface area (Å²) in [5.74, 6) is 0. The smallest absolute Gasteiger partial charge is 0.297 e. The first-order valence-electron chi connectivity index (χ1n) is 2.57. The zero-order chi connectivity index (χ0) is 7.78. The quantitative estimate of drug-likeness (QED) is 0.490. The third-order valence-corrected chi connectivity index (χ3v) is 2.24. The molecule has 56 valence electrons. The van der Waals surface area contributed by atoms with Crippen LogP contribution in [0.5, 0.6) is 0 Å². The van der Waals surface area contributed by atoms with Crippen molar-refractivity contribution >= 4 is 15.7 Å². The first-order valence-corrected chi connectivity index (χ1v) is 4.01. The molecule has 0 aromatic rings. The lowest BCUT2D eigenvalue weighted by Crippen LogP contribution is -2.09. The summed E-state index contributed by atoms with van der Waals surface area (Å²) in [4.78, 5) is 0. The first-order chi connectivity index (χ1) is 4.56. The van der Waals surface area contributed by atoms with E-state index in [0.29, 0.717) is 5.71 Å². The number of rotatable bonds is 1. The third kappa shape index (κ3) is 1.03. The molecule has 0 atom stereocenters. The van der Waals surface area contributed by atoms with Crippen molar-refractivity contribution in [3.8, 4) is 0 Å². The lowest BCUT2D eigenvalue weighted by Gasteiger charge is -1.86. The predicted octanol–water partition coefficient (Wildman–Crippen LogP) is -1.47. The van der Waals surface area contributed by atoms with E-state index in [1.165, 1.54) is 6.08 Å². The van der Waals surface area contributed by atoms with E-state index in [0.717, 1.165) is 0 Å². The van der Waals surface area contributed by atoms with Crippen molar-refractivity contribution < 1.29 is 8.42 Å². The van der Waals surface area contributed by atoms with Crippen molar-refractivity contribution in [2.24, 2.45) is 15.9 Å². The van der Waals surface area contributed by atoms with Gasteiger partial charge in [-0.15, -0.1) is 0 Å². The minimum absolute atomic E-state index is 0.0972. The van der Waals surface area contributed by atoms with Gasteiger partial charge in [-0.3, -0.25) is 0 Å². The van der Waals surface area contributed by atoms with Crippen molar-refractivity contribution in [2.75, 3.05) is 6.54 Å². The minimum atomic E-state index is -3.54. The molecule has 0 bridgehead atoms. The Kier molecular flexibility index (Phi) is 1.49. The summed E-state index contributed by atoms with van der Waals surface area (Å²) in [5.41, 5.74) is 10.5. The van der Waals surface area contributed by atoms with Crippen LogP contribution in [0.15, 0.2) is 15.5 Å². The summed E-state index contributed by atoms with van der Waals surface area (Å²) >= 11 is 0. The number of hydrogen-bond acceptors (Lipinski definition) is 4. The highest BCUT2D eigenvalue weighted by atomic mass is 32.2. The van der Waals surface area contributed by atoms with Crippen LogP contribution in [-0.2, 0) is 10.0 Å². The molecule has 0 radical (unpaired) electrons. The fourth-order valence-electron chi connectivity index (χ4n) is 0.568. The SMILES string of the molecule is NCC1=NS(=O)(=O)C(N)=C1. The van der Waals surface area contributed by atoms with Gasteiger partial charge in [0.25, 0.3) is 10.0 Å². The molecule has 4 N–H and O–H groups in total. The van der Waals surface area contributed by atoms with E-state index in [1.807, 2.05) is 0 Å². The molecule has 0 aromatic heterocycles. The van der Waals surface area contributed by atoms with Crippen LogP contribution in [0.25, 0.3) is 0 Å². The van der Waals surface area contributed by atoms with Gasteiger partial charge in [0.15, 0.2) is 5.03 Å². The minimum Gasteiger partial charge on any atom is -0.388 e. The summed E-state index contributed by atoms with van der Waals surface area (Å²) < 4.78 is 24.7. The van der Waals surface area contributed by atoms with Gasteiger partial charge in [0.1, 0.15) is 0 Å². The van der Waals surface area contributed by atoms with Crippen molar-refractivity contribution in [1.82, 2.24) is 0 Å². The molecule has 0 spiro atoms. The zero-order valence-electron chi connectivity index (χ0n) is 5.11. The lowest BCUT2D eigenvalue weighted by atomic mass is 10.4. The molecular formula is C4H7N3O2S. The van der Waals surface area contributed by atoms with E-state index in [9.17, 15) is 8.42 Å². The fraction of sp³-hybridized carbons (Fsp3) is 0.250. The summed E-state index contributed by atoms with van der Waals surface area (Å²) in [7, 11) is -3.54. The molecule has 0 aliphatic carbocycles. The molecule has 0 saturated heterocycles. The Morgan fingerprint density at radius 3 is 2.40 bits per heavy atom. The molecule has 1 rings (SSSR count). The van der Waals surface area contributed by atoms with Gasteiger partial charge < -0.3 is 11.5 Å². The molecular weight excluding hydrogens is 154 g/mol. The zero-order valence-corrected chi connectivity index (χ0v) is 5.93. The van der Waals surface area contributed by atoms with Crippen molar-refractivity contribution in [3.63, 3.8) is 0 Å². The normalized spacial score (nSPS) is 22.1. The first kappa shape index (κ1) is 7.23. The topological polar surface area (TPSA) is 98.5 Å². The predicted molar refractivity (Wildman–Crippen MR) is 37.7 cm³/mol. The second-order valence-electron chi connectivity index (χ2n) is 1.81. The fourth-order valence-corrected chi connectivity index (χ4v) is 1.39. The van der Waals surface area contributed by atoms with E-state index >= 15 is 0 Å². The second kappa shape index (κ2) is 2.06. The van der Waals surface area contributed by atoms with Gasteiger partial charge in [0, 0.05) is 6.54 Å². The van der Waals surface area contributed by atoms with Crippen LogP contribution in [0.3, 0.4) is 0 Å². The van der Waals surface area contributed by atoms with Crippen molar-refractivity contribution in [3.05, 3.63) is 11.1 Å². The Bertz CT molecular complexity index is 300. The Hall–Kier alpha value is -0.880. The monoisotopic (exact) mass is 161 g/mol. The third-order valence-electron chi connectivity index (χ3n) is 1.05. The highest BCUT2D eigenvalue weighted by molar-refractivity contribution is 7.94. The summed E-state index contributed by atoms with van der Waals surface area (Å²) in [6.07, 6.45) is 1.26. The maximum absolute atomic E-state index is 10.7. The summed E-state index contributed by atoms with van der Waals surface area (Å²) in [6.45, 7) is 0.0972. The number of sulfonamides is 1. The summed E-state index contributed by atoms with van der Waals surface area (Å²) in [5, 5.41) is -0.229. The molecule has 0 unspecified atom stereocenters.